The minimum Gasteiger partial charge on any atom is -0.380 e. The highest BCUT2D eigenvalue weighted by Gasteiger charge is 2.10. The van der Waals surface area contributed by atoms with E-state index in [9.17, 15) is 4.79 Å². The van der Waals surface area contributed by atoms with E-state index < -0.39 is 0 Å². The van der Waals surface area contributed by atoms with Gasteiger partial charge in [-0.1, -0.05) is 29.8 Å². The second-order valence-corrected chi connectivity index (χ2v) is 4.39. The summed E-state index contributed by atoms with van der Waals surface area (Å²) in [6, 6.07) is 8.29. The predicted octanol–water partition coefficient (Wildman–Crippen LogP) is 1.44. The molecule has 1 amide bonds. The van der Waals surface area contributed by atoms with Gasteiger partial charge in [-0.3, -0.25) is 4.79 Å². The number of halogens is 1. The third kappa shape index (κ3) is 7.15. The van der Waals surface area contributed by atoms with Crippen molar-refractivity contribution in [3.8, 4) is 0 Å². The Morgan fingerprint density at radius 2 is 2.21 bits per heavy atom. The highest BCUT2D eigenvalue weighted by atomic mass is 35.5. The fourth-order valence-corrected chi connectivity index (χ4v) is 1.76. The van der Waals surface area contributed by atoms with Gasteiger partial charge in [0.15, 0.2) is 0 Å². The molecule has 3 N–H and O–H groups in total. The lowest BCUT2D eigenvalue weighted by atomic mass is 10.1. The van der Waals surface area contributed by atoms with E-state index in [1.165, 1.54) is 11.1 Å². The Labute approximate surface area is 121 Å². The van der Waals surface area contributed by atoms with Crippen LogP contribution in [0.2, 0.25) is 0 Å². The van der Waals surface area contributed by atoms with Crippen molar-refractivity contribution in [3.63, 3.8) is 0 Å². The maximum absolute atomic E-state index is 11.6. The van der Waals surface area contributed by atoms with Crippen molar-refractivity contribution in [3.05, 3.63) is 35.4 Å². The summed E-state index contributed by atoms with van der Waals surface area (Å²) in [7, 11) is 1.57. The number of aryl methyl sites for hydroxylation is 1. The van der Waals surface area contributed by atoms with Crippen molar-refractivity contribution in [2.75, 3.05) is 20.2 Å². The van der Waals surface area contributed by atoms with Gasteiger partial charge in [0, 0.05) is 20.2 Å². The van der Waals surface area contributed by atoms with Crippen LogP contribution in [0.5, 0.6) is 0 Å². The fourth-order valence-electron chi connectivity index (χ4n) is 1.76. The molecule has 5 heteroatoms. The van der Waals surface area contributed by atoms with Crippen LogP contribution >= 0.6 is 12.4 Å². The molecule has 108 valence electrons. The maximum Gasteiger partial charge on any atom is 0.222 e. The number of hydrogen-bond acceptors (Lipinski definition) is 3. The lowest BCUT2D eigenvalue weighted by Crippen LogP contribution is -2.33. The van der Waals surface area contributed by atoms with Crippen LogP contribution in [0.15, 0.2) is 24.3 Å². The third-order valence-corrected chi connectivity index (χ3v) is 2.83. The van der Waals surface area contributed by atoms with Gasteiger partial charge in [-0.2, -0.15) is 0 Å². The zero-order valence-electron chi connectivity index (χ0n) is 11.5. The average Bonchev–Trinajstić information content (AvgIpc) is 2.36. The largest absolute Gasteiger partial charge is 0.380 e. The van der Waals surface area contributed by atoms with E-state index in [0.29, 0.717) is 19.5 Å². The van der Waals surface area contributed by atoms with Crippen molar-refractivity contribution < 1.29 is 9.53 Å². The number of ether oxygens (including phenoxy) is 1. The first kappa shape index (κ1) is 17.9. The Balaban J connectivity index is 0.00000324. The number of carbonyl (C=O) groups excluding carboxylic acids is 1. The molecule has 0 aromatic heterocycles. The molecule has 1 aromatic rings. The molecule has 1 aromatic carbocycles. The Hall–Kier alpha value is -1.10. The molecular formula is C14H23ClN2O2. The van der Waals surface area contributed by atoms with Gasteiger partial charge in [0.1, 0.15) is 0 Å². The topological polar surface area (TPSA) is 64.3 Å². The van der Waals surface area contributed by atoms with Crippen LogP contribution in [0.1, 0.15) is 17.5 Å². The Morgan fingerprint density at radius 3 is 2.79 bits per heavy atom. The molecule has 0 fully saturated rings. The summed E-state index contributed by atoms with van der Waals surface area (Å²) in [5.74, 6) is -0.0139. The molecule has 0 saturated carbocycles. The number of benzene rings is 1. The first-order valence-corrected chi connectivity index (χ1v) is 6.20. The standard InChI is InChI=1S/C14H22N2O2.ClH/c1-11-4-3-5-12(8-11)6-7-16-14(17)9-13(10-15)18-2;/h3-5,8,13H,6-7,9-10,15H2,1-2H3,(H,16,17);1H. The van der Waals surface area contributed by atoms with E-state index in [1.54, 1.807) is 7.11 Å². The van der Waals surface area contributed by atoms with Crippen LogP contribution in [0, 0.1) is 6.92 Å². The molecule has 0 bridgehead atoms. The first-order valence-electron chi connectivity index (χ1n) is 6.20. The Kier molecular flexibility index (Phi) is 9.21. The number of nitrogens with one attached hydrogen (secondary N) is 1. The van der Waals surface area contributed by atoms with Gasteiger partial charge in [-0.25, -0.2) is 0 Å². The average molecular weight is 287 g/mol. The van der Waals surface area contributed by atoms with Crippen molar-refractivity contribution >= 4 is 18.3 Å². The van der Waals surface area contributed by atoms with Gasteiger partial charge < -0.3 is 15.8 Å². The van der Waals surface area contributed by atoms with Gasteiger partial charge >= 0.3 is 0 Å². The molecule has 0 aliphatic rings. The zero-order valence-corrected chi connectivity index (χ0v) is 12.3. The van der Waals surface area contributed by atoms with Crippen LogP contribution in [0.25, 0.3) is 0 Å². The molecule has 0 spiro atoms. The van der Waals surface area contributed by atoms with Crippen molar-refractivity contribution in [2.45, 2.75) is 25.9 Å². The summed E-state index contributed by atoms with van der Waals surface area (Å²) >= 11 is 0. The highest BCUT2D eigenvalue weighted by molar-refractivity contribution is 5.85. The van der Waals surface area contributed by atoms with Crippen LogP contribution in [0.4, 0.5) is 0 Å². The Bertz CT molecular complexity index is 381. The number of hydrogen-bond donors (Lipinski definition) is 2. The normalized spacial score (nSPS) is 11.5. The first-order chi connectivity index (χ1) is 8.65. The smallest absolute Gasteiger partial charge is 0.222 e. The third-order valence-electron chi connectivity index (χ3n) is 2.83. The van der Waals surface area contributed by atoms with Crippen molar-refractivity contribution in [1.29, 1.82) is 0 Å². The molecule has 1 rings (SSSR count). The summed E-state index contributed by atoms with van der Waals surface area (Å²) in [4.78, 5) is 11.6. The van der Waals surface area contributed by atoms with E-state index in [1.807, 2.05) is 6.07 Å². The predicted molar refractivity (Wildman–Crippen MR) is 79.6 cm³/mol. The van der Waals surface area contributed by atoms with Crippen molar-refractivity contribution in [2.24, 2.45) is 5.73 Å². The molecular weight excluding hydrogens is 264 g/mol. The van der Waals surface area contributed by atoms with Crippen LogP contribution in [-0.4, -0.2) is 32.2 Å². The highest BCUT2D eigenvalue weighted by Crippen LogP contribution is 2.04. The van der Waals surface area contributed by atoms with Gasteiger partial charge in [0.05, 0.1) is 12.5 Å². The Morgan fingerprint density at radius 1 is 1.47 bits per heavy atom. The second-order valence-electron chi connectivity index (χ2n) is 4.39. The molecule has 4 nitrogen and oxygen atoms in total. The number of nitrogens with two attached hydrogens (primary N) is 1. The number of amides is 1. The lowest BCUT2D eigenvalue weighted by Gasteiger charge is -2.12. The van der Waals surface area contributed by atoms with Gasteiger partial charge in [-0.05, 0) is 18.9 Å². The van der Waals surface area contributed by atoms with E-state index in [2.05, 4.69) is 30.4 Å². The van der Waals surface area contributed by atoms with E-state index in [4.69, 9.17) is 10.5 Å². The molecule has 0 aliphatic carbocycles. The van der Waals surface area contributed by atoms with Gasteiger partial charge in [0.2, 0.25) is 5.91 Å². The number of carbonyl (C=O) groups is 1. The minimum atomic E-state index is -0.191. The van der Waals surface area contributed by atoms with Crippen LogP contribution in [0.3, 0.4) is 0 Å². The zero-order chi connectivity index (χ0) is 13.4. The molecule has 19 heavy (non-hydrogen) atoms. The SMILES string of the molecule is COC(CN)CC(=O)NCCc1cccc(C)c1.Cl. The summed E-state index contributed by atoms with van der Waals surface area (Å²) in [5, 5.41) is 2.88. The maximum atomic E-state index is 11.6. The van der Waals surface area contributed by atoms with Gasteiger partial charge in [0.25, 0.3) is 0 Å². The fraction of sp³-hybridized carbons (Fsp3) is 0.500. The van der Waals surface area contributed by atoms with E-state index >= 15 is 0 Å². The van der Waals surface area contributed by atoms with E-state index in [0.717, 1.165) is 6.42 Å². The monoisotopic (exact) mass is 286 g/mol. The van der Waals surface area contributed by atoms with Crippen LogP contribution < -0.4 is 11.1 Å². The van der Waals surface area contributed by atoms with Crippen LogP contribution in [-0.2, 0) is 16.0 Å². The number of rotatable bonds is 7. The molecule has 0 saturated heterocycles. The van der Waals surface area contributed by atoms with Gasteiger partial charge in [-0.15, -0.1) is 12.4 Å². The molecule has 1 atom stereocenters. The second kappa shape index (κ2) is 9.78. The summed E-state index contributed by atoms with van der Waals surface area (Å²) in [6.07, 6.45) is 0.970. The molecule has 0 heterocycles. The minimum absolute atomic E-state index is 0. The summed E-state index contributed by atoms with van der Waals surface area (Å²) in [5.41, 5.74) is 7.93. The van der Waals surface area contributed by atoms with E-state index in [-0.39, 0.29) is 24.4 Å². The summed E-state index contributed by atoms with van der Waals surface area (Å²) in [6.45, 7) is 3.07. The lowest BCUT2D eigenvalue weighted by molar-refractivity contribution is -0.123. The quantitative estimate of drug-likeness (QED) is 0.797. The number of methoxy groups -OCH3 is 1. The summed E-state index contributed by atoms with van der Waals surface area (Å²) < 4.78 is 5.06. The molecule has 0 aliphatic heterocycles. The molecule has 1 unspecified atom stereocenters. The van der Waals surface area contributed by atoms with Crippen molar-refractivity contribution in [1.82, 2.24) is 5.32 Å². The molecule has 0 radical (unpaired) electrons.